The lowest BCUT2D eigenvalue weighted by atomic mass is 10.1. The molecule has 1 aromatic rings. The first kappa shape index (κ1) is 22.5. The van der Waals surface area contributed by atoms with E-state index in [0.29, 0.717) is 11.8 Å². The van der Waals surface area contributed by atoms with Crippen LogP contribution in [0.4, 0.5) is 24.5 Å². The number of hydrogen-bond donors (Lipinski definition) is 2. The zero-order valence-electron chi connectivity index (χ0n) is 14.3. The summed E-state index contributed by atoms with van der Waals surface area (Å²) in [6.07, 6.45) is -4.49. The molecule has 12 heteroatoms. The molecule has 0 aromatic heterocycles. The van der Waals surface area contributed by atoms with Crippen molar-refractivity contribution in [3.63, 3.8) is 0 Å². The molecule has 0 aliphatic rings. The van der Waals surface area contributed by atoms with Crippen LogP contribution >= 0.6 is 11.8 Å². The summed E-state index contributed by atoms with van der Waals surface area (Å²) in [7, 11) is 1.27. The van der Waals surface area contributed by atoms with Crippen LogP contribution in [0.2, 0.25) is 0 Å². The van der Waals surface area contributed by atoms with Gasteiger partial charge < -0.3 is 15.4 Å². The maximum atomic E-state index is 12.6. The first-order chi connectivity index (χ1) is 12.6. The molecule has 0 heterocycles. The molecule has 8 nitrogen and oxygen atoms in total. The first-order valence-electron chi connectivity index (χ1n) is 7.66. The molecule has 0 bridgehead atoms. The third-order valence-corrected chi connectivity index (χ3v) is 4.15. The van der Waals surface area contributed by atoms with Gasteiger partial charge in [-0.2, -0.15) is 24.9 Å². The first-order valence-corrected chi connectivity index (χ1v) is 8.81. The van der Waals surface area contributed by atoms with Crippen LogP contribution < -0.4 is 10.6 Å². The number of ether oxygens (including phenoxy) is 1. The van der Waals surface area contributed by atoms with Crippen LogP contribution in [-0.4, -0.2) is 48.5 Å². The lowest BCUT2D eigenvalue weighted by molar-refractivity contribution is -0.384. The highest BCUT2D eigenvalue weighted by molar-refractivity contribution is 7.99. The summed E-state index contributed by atoms with van der Waals surface area (Å²) < 4.78 is 42.4. The van der Waals surface area contributed by atoms with Gasteiger partial charge in [0.15, 0.2) is 0 Å². The van der Waals surface area contributed by atoms with Crippen molar-refractivity contribution < 1.29 is 32.4 Å². The summed E-state index contributed by atoms with van der Waals surface area (Å²) in [5.74, 6) is -0.119. The van der Waals surface area contributed by atoms with Gasteiger partial charge in [-0.25, -0.2) is 0 Å². The Hall–Kier alpha value is -2.50. The predicted octanol–water partition coefficient (Wildman–Crippen LogP) is 2.44. The zero-order valence-corrected chi connectivity index (χ0v) is 15.1. The number of esters is 1. The van der Waals surface area contributed by atoms with Gasteiger partial charge in [-0.1, -0.05) is 0 Å². The number of alkyl halides is 3. The van der Waals surface area contributed by atoms with Crippen molar-refractivity contribution in [1.29, 1.82) is 0 Å². The van der Waals surface area contributed by atoms with Gasteiger partial charge in [-0.05, 0) is 12.1 Å². The molecule has 0 saturated heterocycles. The Kier molecular flexibility index (Phi) is 8.85. The number of carbonyl (C=O) groups is 2. The number of nitrogens with zero attached hydrogens (tertiary/aromatic N) is 1. The molecule has 0 spiro atoms. The van der Waals surface area contributed by atoms with Gasteiger partial charge in [0.05, 0.1) is 29.8 Å². The number of anilines is 1. The van der Waals surface area contributed by atoms with E-state index < -0.39 is 22.4 Å². The Morgan fingerprint density at radius 3 is 2.59 bits per heavy atom. The van der Waals surface area contributed by atoms with Crippen LogP contribution in [-0.2, 0) is 20.5 Å². The highest BCUT2D eigenvalue weighted by atomic mass is 32.2. The lowest BCUT2D eigenvalue weighted by Gasteiger charge is -2.11. The molecule has 150 valence electrons. The number of nitro benzene ring substituents is 1. The maximum absolute atomic E-state index is 12.6. The highest BCUT2D eigenvalue weighted by Crippen LogP contribution is 2.34. The van der Waals surface area contributed by atoms with Crippen LogP contribution in [0.5, 0.6) is 0 Å². The van der Waals surface area contributed by atoms with Gasteiger partial charge >= 0.3 is 12.1 Å². The van der Waals surface area contributed by atoms with E-state index in [2.05, 4.69) is 15.4 Å². The number of nitrogens with one attached hydrogen (secondary N) is 2. The average molecular weight is 409 g/mol. The average Bonchev–Trinajstić information content (AvgIpc) is 2.61. The topological polar surface area (TPSA) is 111 Å². The number of amides is 1. The monoisotopic (exact) mass is 409 g/mol. The zero-order chi connectivity index (χ0) is 20.4. The normalized spacial score (nSPS) is 11.0. The van der Waals surface area contributed by atoms with E-state index in [0.717, 1.165) is 12.1 Å². The fourth-order valence-electron chi connectivity index (χ4n) is 1.88. The van der Waals surface area contributed by atoms with Gasteiger partial charge in [-0.3, -0.25) is 19.7 Å². The van der Waals surface area contributed by atoms with E-state index >= 15 is 0 Å². The van der Waals surface area contributed by atoms with Crippen LogP contribution in [0.3, 0.4) is 0 Å². The molecule has 0 fully saturated rings. The van der Waals surface area contributed by atoms with Crippen LogP contribution in [0.25, 0.3) is 0 Å². The van der Waals surface area contributed by atoms with Gasteiger partial charge in [0, 0.05) is 24.9 Å². The molecule has 0 unspecified atom stereocenters. The van der Waals surface area contributed by atoms with E-state index in [1.54, 1.807) is 0 Å². The molecule has 1 amide bonds. The molecular formula is C15H18F3N3O5S. The van der Waals surface area contributed by atoms with Gasteiger partial charge in [0.2, 0.25) is 5.91 Å². The molecule has 2 N–H and O–H groups in total. The van der Waals surface area contributed by atoms with Crippen molar-refractivity contribution in [2.45, 2.75) is 12.6 Å². The van der Waals surface area contributed by atoms with Crippen LogP contribution in [0.15, 0.2) is 18.2 Å². The summed E-state index contributed by atoms with van der Waals surface area (Å²) >= 11 is 1.24. The molecule has 27 heavy (non-hydrogen) atoms. The second kappa shape index (κ2) is 10.6. The van der Waals surface area contributed by atoms with Crippen molar-refractivity contribution in [3.8, 4) is 0 Å². The molecule has 0 aliphatic carbocycles. The molecular weight excluding hydrogens is 391 g/mol. The lowest BCUT2D eigenvalue weighted by Crippen LogP contribution is -2.30. The van der Waals surface area contributed by atoms with E-state index in [-0.39, 0.29) is 42.8 Å². The van der Waals surface area contributed by atoms with Gasteiger partial charge in [-0.15, -0.1) is 0 Å². The second-order valence-electron chi connectivity index (χ2n) is 5.14. The summed E-state index contributed by atoms with van der Waals surface area (Å²) in [4.78, 5) is 32.5. The van der Waals surface area contributed by atoms with Crippen LogP contribution in [0, 0.1) is 10.1 Å². The molecule has 1 aromatic carbocycles. The van der Waals surface area contributed by atoms with Crippen molar-refractivity contribution in [2.24, 2.45) is 0 Å². The largest absolute Gasteiger partial charge is 0.469 e. The highest BCUT2D eigenvalue weighted by Gasteiger charge is 2.32. The number of methoxy groups -OCH3 is 1. The third kappa shape index (κ3) is 8.15. The van der Waals surface area contributed by atoms with Crippen molar-refractivity contribution >= 4 is 35.0 Å². The summed E-state index contributed by atoms with van der Waals surface area (Å²) in [6.45, 7) is 0.208. The second-order valence-corrected chi connectivity index (χ2v) is 6.25. The number of nitro groups is 1. The number of carbonyl (C=O) groups excluding carboxylic acids is 2. The summed E-state index contributed by atoms with van der Waals surface area (Å²) in [6, 6.07) is 2.18. The molecule has 0 saturated carbocycles. The summed E-state index contributed by atoms with van der Waals surface area (Å²) in [5, 5.41) is 16.1. The third-order valence-electron chi connectivity index (χ3n) is 3.20. The number of thioether (sulfide) groups is 1. The Morgan fingerprint density at radius 2 is 2.00 bits per heavy atom. The minimum atomic E-state index is -4.68. The molecule has 0 radical (unpaired) electrons. The number of hydrogen-bond acceptors (Lipinski definition) is 7. The van der Waals surface area contributed by atoms with Crippen molar-refractivity contribution in [3.05, 3.63) is 33.9 Å². The fraction of sp³-hybridized carbons (Fsp3) is 0.467. The molecule has 0 aliphatic heterocycles. The molecule has 0 atom stereocenters. The minimum absolute atomic E-state index is 0.0744. The van der Waals surface area contributed by atoms with E-state index in [9.17, 15) is 32.9 Å². The van der Waals surface area contributed by atoms with Gasteiger partial charge in [0.1, 0.15) is 5.69 Å². The SMILES string of the molecule is COC(=O)CCSCC(=O)NCCNc1ccc(C(F)(F)F)cc1[N+](=O)[O-]. The fourth-order valence-corrected chi connectivity index (χ4v) is 2.62. The standard InChI is InChI=1S/C15H18F3N3O5S/c1-26-14(23)4-7-27-9-13(22)20-6-5-19-11-3-2-10(15(16,17)18)8-12(11)21(24)25/h2-3,8,19H,4-7,9H2,1H3,(H,20,22). The Morgan fingerprint density at radius 1 is 1.30 bits per heavy atom. The quantitative estimate of drug-likeness (QED) is 0.264. The predicted molar refractivity (Wildman–Crippen MR) is 93.6 cm³/mol. The van der Waals surface area contributed by atoms with E-state index in [1.165, 1.54) is 18.9 Å². The smallest absolute Gasteiger partial charge is 0.416 e. The number of benzene rings is 1. The Labute approximate surface area is 157 Å². The molecule has 1 rings (SSSR count). The van der Waals surface area contributed by atoms with Crippen molar-refractivity contribution in [1.82, 2.24) is 5.32 Å². The van der Waals surface area contributed by atoms with Crippen molar-refractivity contribution in [2.75, 3.05) is 37.0 Å². The minimum Gasteiger partial charge on any atom is -0.469 e. The maximum Gasteiger partial charge on any atom is 0.416 e. The van der Waals surface area contributed by atoms with Gasteiger partial charge in [0.25, 0.3) is 5.69 Å². The van der Waals surface area contributed by atoms with E-state index in [4.69, 9.17) is 0 Å². The Bertz CT molecular complexity index is 685. The van der Waals surface area contributed by atoms with E-state index in [1.807, 2.05) is 0 Å². The number of rotatable bonds is 10. The Balaban J connectivity index is 2.42. The number of halogens is 3. The van der Waals surface area contributed by atoms with Crippen LogP contribution in [0.1, 0.15) is 12.0 Å². The summed E-state index contributed by atoms with van der Waals surface area (Å²) in [5.41, 5.74) is -1.89.